The Bertz CT molecular complexity index is 465. The minimum Gasteiger partial charge on any atom is -0.318 e. The maximum Gasteiger partial charge on any atom is 0.123 e. The molecule has 16 heavy (non-hydrogen) atoms. The van der Waals surface area contributed by atoms with Gasteiger partial charge in [0.15, 0.2) is 0 Å². The van der Waals surface area contributed by atoms with Gasteiger partial charge in [-0.25, -0.2) is 14.4 Å². The van der Waals surface area contributed by atoms with Crippen LogP contribution in [-0.4, -0.2) is 9.97 Å². The van der Waals surface area contributed by atoms with Gasteiger partial charge in [0.05, 0.1) is 5.54 Å². The summed E-state index contributed by atoms with van der Waals surface area (Å²) in [4.78, 5) is 7.86. The summed E-state index contributed by atoms with van der Waals surface area (Å²) in [7, 11) is 0. The number of aromatic nitrogens is 2. The molecule has 0 aliphatic heterocycles. The summed E-state index contributed by atoms with van der Waals surface area (Å²) in [5.74, 6) is -0.274. The minimum absolute atomic E-state index is 0.274. The van der Waals surface area contributed by atoms with Gasteiger partial charge in [-0.05, 0) is 24.6 Å². The molecule has 1 aromatic heterocycles. The van der Waals surface area contributed by atoms with Gasteiger partial charge in [0.2, 0.25) is 0 Å². The molecule has 0 unspecified atom stereocenters. The van der Waals surface area contributed by atoms with Crippen molar-refractivity contribution < 1.29 is 4.39 Å². The second kappa shape index (κ2) is 3.98. The molecule has 2 N–H and O–H groups in total. The van der Waals surface area contributed by atoms with Crippen molar-refractivity contribution in [3.8, 4) is 0 Å². The standard InChI is InChI=1S/C12H12FN3/c1-12(14,10-6-15-8-16-7-10)9-2-4-11(13)5-3-9/h2-8H,14H2,1H3/t12-/m0/s1. The third-order valence-corrected chi connectivity index (χ3v) is 2.60. The lowest BCUT2D eigenvalue weighted by atomic mass is 9.87. The van der Waals surface area contributed by atoms with Gasteiger partial charge in [0.1, 0.15) is 12.1 Å². The Morgan fingerprint density at radius 1 is 1.06 bits per heavy atom. The molecule has 0 aliphatic carbocycles. The Morgan fingerprint density at radius 2 is 1.62 bits per heavy atom. The summed E-state index contributed by atoms with van der Waals surface area (Å²) < 4.78 is 12.8. The van der Waals surface area contributed by atoms with Crippen LogP contribution in [0.25, 0.3) is 0 Å². The third kappa shape index (κ3) is 1.92. The second-order valence-electron chi connectivity index (χ2n) is 3.84. The van der Waals surface area contributed by atoms with E-state index in [0.29, 0.717) is 0 Å². The van der Waals surface area contributed by atoms with Crippen LogP contribution < -0.4 is 5.73 Å². The van der Waals surface area contributed by atoms with Crippen LogP contribution in [0.15, 0.2) is 43.0 Å². The van der Waals surface area contributed by atoms with Gasteiger partial charge >= 0.3 is 0 Å². The van der Waals surface area contributed by atoms with E-state index in [2.05, 4.69) is 9.97 Å². The molecule has 4 heteroatoms. The Labute approximate surface area is 93.2 Å². The van der Waals surface area contributed by atoms with Crippen molar-refractivity contribution in [1.29, 1.82) is 0 Å². The predicted octanol–water partition coefficient (Wildman–Crippen LogP) is 1.84. The normalized spacial score (nSPS) is 14.4. The molecule has 1 heterocycles. The molecule has 0 spiro atoms. The second-order valence-corrected chi connectivity index (χ2v) is 3.84. The molecule has 0 fully saturated rings. The average molecular weight is 217 g/mol. The number of nitrogens with two attached hydrogens (primary N) is 1. The van der Waals surface area contributed by atoms with Crippen LogP contribution in [0.2, 0.25) is 0 Å². The van der Waals surface area contributed by atoms with Crippen LogP contribution in [0.1, 0.15) is 18.1 Å². The highest BCUT2D eigenvalue weighted by molar-refractivity contribution is 5.34. The highest BCUT2D eigenvalue weighted by Crippen LogP contribution is 2.25. The van der Waals surface area contributed by atoms with Crippen molar-refractivity contribution in [3.05, 3.63) is 59.9 Å². The molecule has 1 atom stereocenters. The van der Waals surface area contributed by atoms with Crippen molar-refractivity contribution in [3.63, 3.8) is 0 Å². The molecule has 0 aliphatic rings. The first-order chi connectivity index (χ1) is 7.60. The van der Waals surface area contributed by atoms with E-state index >= 15 is 0 Å². The number of benzene rings is 1. The summed E-state index contributed by atoms with van der Waals surface area (Å²) in [5.41, 5.74) is 7.11. The first-order valence-corrected chi connectivity index (χ1v) is 4.91. The first-order valence-electron chi connectivity index (χ1n) is 4.91. The van der Waals surface area contributed by atoms with Gasteiger partial charge in [0, 0.05) is 18.0 Å². The van der Waals surface area contributed by atoms with E-state index in [-0.39, 0.29) is 5.82 Å². The fourth-order valence-electron chi connectivity index (χ4n) is 1.53. The van der Waals surface area contributed by atoms with Crippen molar-refractivity contribution >= 4 is 0 Å². The van der Waals surface area contributed by atoms with Gasteiger partial charge in [-0.3, -0.25) is 0 Å². The van der Waals surface area contributed by atoms with E-state index in [1.165, 1.54) is 18.5 Å². The van der Waals surface area contributed by atoms with Crippen molar-refractivity contribution in [2.45, 2.75) is 12.5 Å². The van der Waals surface area contributed by atoms with Gasteiger partial charge in [0.25, 0.3) is 0 Å². The third-order valence-electron chi connectivity index (χ3n) is 2.60. The predicted molar refractivity (Wildman–Crippen MR) is 59.1 cm³/mol. The number of halogens is 1. The molecule has 0 saturated carbocycles. The molecule has 0 bridgehead atoms. The quantitative estimate of drug-likeness (QED) is 0.835. The van der Waals surface area contributed by atoms with Gasteiger partial charge in [-0.2, -0.15) is 0 Å². The zero-order valence-electron chi connectivity index (χ0n) is 8.89. The van der Waals surface area contributed by atoms with Crippen molar-refractivity contribution in [1.82, 2.24) is 9.97 Å². The molecule has 82 valence electrons. The van der Waals surface area contributed by atoms with E-state index in [9.17, 15) is 4.39 Å². The smallest absolute Gasteiger partial charge is 0.123 e. The lowest BCUT2D eigenvalue weighted by molar-refractivity contribution is 0.588. The monoisotopic (exact) mass is 217 g/mol. The van der Waals surface area contributed by atoms with E-state index < -0.39 is 5.54 Å². The minimum atomic E-state index is -0.713. The van der Waals surface area contributed by atoms with Crippen molar-refractivity contribution in [2.24, 2.45) is 5.73 Å². The lowest BCUT2D eigenvalue weighted by Crippen LogP contribution is -2.34. The number of hydrogen-bond donors (Lipinski definition) is 1. The van der Waals surface area contributed by atoms with E-state index in [0.717, 1.165) is 11.1 Å². The molecule has 2 aromatic rings. The van der Waals surface area contributed by atoms with Gasteiger partial charge < -0.3 is 5.73 Å². The Kier molecular flexibility index (Phi) is 2.66. The fourth-order valence-corrected chi connectivity index (χ4v) is 1.53. The zero-order chi connectivity index (χ0) is 11.6. The Morgan fingerprint density at radius 3 is 2.19 bits per heavy atom. The SMILES string of the molecule is C[C@](N)(c1ccc(F)cc1)c1cncnc1. The van der Waals surface area contributed by atoms with Crippen LogP contribution in [0.3, 0.4) is 0 Å². The van der Waals surface area contributed by atoms with Crippen LogP contribution in [0.5, 0.6) is 0 Å². The van der Waals surface area contributed by atoms with Crippen molar-refractivity contribution in [2.75, 3.05) is 0 Å². The first kappa shape index (κ1) is 10.7. The summed E-state index contributed by atoms with van der Waals surface area (Å²) in [6.07, 6.45) is 4.77. The largest absolute Gasteiger partial charge is 0.318 e. The molecular weight excluding hydrogens is 205 g/mol. The summed E-state index contributed by atoms with van der Waals surface area (Å²) in [6, 6.07) is 6.12. The lowest BCUT2D eigenvalue weighted by Gasteiger charge is -2.24. The molecule has 0 amide bonds. The Balaban J connectivity index is 2.43. The molecule has 3 nitrogen and oxygen atoms in total. The van der Waals surface area contributed by atoms with Crippen LogP contribution in [0.4, 0.5) is 4.39 Å². The summed E-state index contributed by atoms with van der Waals surface area (Å²) >= 11 is 0. The van der Waals surface area contributed by atoms with Crippen LogP contribution >= 0.6 is 0 Å². The summed E-state index contributed by atoms with van der Waals surface area (Å²) in [5, 5.41) is 0. The molecule has 1 aromatic carbocycles. The maximum absolute atomic E-state index is 12.8. The van der Waals surface area contributed by atoms with E-state index in [1.54, 1.807) is 24.5 Å². The molecule has 0 saturated heterocycles. The van der Waals surface area contributed by atoms with Crippen LogP contribution in [-0.2, 0) is 5.54 Å². The highest BCUT2D eigenvalue weighted by Gasteiger charge is 2.24. The van der Waals surface area contributed by atoms with Gasteiger partial charge in [-0.15, -0.1) is 0 Å². The highest BCUT2D eigenvalue weighted by atomic mass is 19.1. The number of hydrogen-bond acceptors (Lipinski definition) is 3. The molecule has 0 radical (unpaired) electrons. The number of rotatable bonds is 2. The molecule has 2 rings (SSSR count). The van der Waals surface area contributed by atoms with E-state index in [1.807, 2.05) is 6.92 Å². The van der Waals surface area contributed by atoms with Crippen LogP contribution in [0, 0.1) is 5.82 Å². The Hall–Kier alpha value is -1.81. The fraction of sp³-hybridized carbons (Fsp3) is 0.167. The number of nitrogens with zero attached hydrogens (tertiary/aromatic N) is 2. The average Bonchev–Trinajstić information content (AvgIpc) is 2.31. The van der Waals surface area contributed by atoms with E-state index in [4.69, 9.17) is 5.73 Å². The summed E-state index contributed by atoms with van der Waals surface area (Å²) in [6.45, 7) is 1.85. The topological polar surface area (TPSA) is 51.8 Å². The molecular formula is C12H12FN3. The maximum atomic E-state index is 12.8. The van der Waals surface area contributed by atoms with Gasteiger partial charge in [-0.1, -0.05) is 12.1 Å². The zero-order valence-corrected chi connectivity index (χ0v) is 8.89.